The predicted octanol–water partition coefficient (Wildman–Crippen LogP) is 1.79. The molecule has 2 aliphatic heterocycles. The van der Waals surface area contributed by atoms with Crippen LogP contribution in [0.5, 0.6) is 0 Å². The lowest BCUT2D eigenvalue weighted by molar-refractivity contribution is -0.145. The molecule has 0 saturated carbocycles. The van der Waals surface area contributed by atoms with Crippen molar-refractivity contribution in [3.05, 3.63) is 0 Å². The van der Waals surface area contributed by atoms with Gasteiger partial charge in [-0.15, -0.1) is 0 Å². The van der Waals surface area contributed by atoms with Crippen LogP contribution in [0.3, 0.4) is 0 Å². The molecule has 2 heterocycles. The van der Waals surface area contributed by atoms with Crippen molar-refractivity contribution in [2.75, 3.05) is 13.1 Å². The highest BCUT2D eigenvalue weighted by Gasteiger charge is 2.37. The summed E-state index contributed by atoms with van der Waals surface area (Å²) >= 11 is 0. The molecule has 0 aromatic heterocycles. The number of piperidine rings is 1. The van der Waals surface area contributed by atoms with Crippen molar-refractivity contribution in [2.45, 2.75) is 64.5 Å². The van der Waals surface area contributed by atoms with Gasteiger partial charge in [-0.05, 0) is 38.5 Å². The lowest BCUT2D eigenvalue weighted by Gasteiger charge is -2.38. The van der Waals surface area contributed by atoms with Crippen LogP contribution in [0.2, 0.25) is 0 Å². The summed E-state index contributed by atoms with van der Waals surface area (Å²) < 4.78 is 0. The van der Waals surface area contributed by atoms with Gasteiger partial charge in [0.1, 0.15) is 6.04 Å². The molecule has 0 radical (unpaired) electrons. The van der Waals surface area contributed by atoms with Crippen LogP contribution in [-0.2, 0) is 9.59 Å². The summed E-state index contributed by atoms with van der Waals surface area (Å²) in [5.41, 5.74) is 0. The number of hydrogen-bond donors (Lipinski definition) is 0. The molecule has 0 spiro atoms. The lowest BCUT2D eigenvalue weighted by atomic mass is 9.98. The largest absolute Gasteiger partial charge is 0.338 e. The number of hydrogen-bond acceptors (Lipinski definition) is 2. The molecule has 0 bridgehead atoms. The van der Waals surface area contributed by atoms with E-state index in [0.29, 0.717) is 6.04 Å². The molecule has 0 unspecified atom stereocenters. The van der Waals surface area contributed by atoms with Gasteiger partial charge >= 0.3 is 0 Å². The molecule has 102 valence electrons. The first kappa shape index (κ1) is 13.4. The third kappa shape index (κ3) is 2.52. The normalized spacial score (nSPS) is 28.6. The fraction of sp³-hybridized carbons (Fsp3) is 0.857. The molecule has 0 N–H and O–H groups in total. The summed E-state index contributed by atoms with van der Waals surface area (Å²) in [6.45, 7) is 5.34. The van der Waals surface area contributed by atoms with Crippen molar-refractivity contribution in [3.8, 4) is 0 Å². The smallest absolute Gasteiger partial charge is 0.245 e. The van der Waals surface area contributed by atoms with Crippen LogP contribution < -0.4 is 0 Å². The second-order valence-corrected chi connectivity index (χ2v) is 5.46. The van der Waals surface area contributed by atoms with Gasteiger partial charge in [-0.2, -0.15) is 0 Å². The number of carbonyl (C=O) groups excluding carboxylic acids is 2. The number of rotatable bonds is 2. The van der Waals surface area contributed by atoms with Crippen LogP contribution in [0, 0.1) is 0 Å². The number of amides is 2. The minimum Gasteiger partial charge on any atom is -0.338 e. The summed E-state index contributed by atoms with van der Waals surface area (Å²) in [7, 11) is 0. The zero-order valence-electron chi connectivity index (χ0n) is 11.5. The predicted molar refractivity (Wildman–Crippen MR) is 70.1 cm³/mol. The highest BCUT2D eigenvalue weighted by atomic mass is 16.2. The zero-order chi connectivity index (χ0) is 13.1. The van der Waals surface area contributed by atoms with Crippen LogP contribution in [0.1, 0.15) is 52.4 Å². The number of carbonyl (C=O) groups is 2. The fourth-order valence-electron chi connectivity index (χ4n) is 3.31. The maximum atomic E-state index is 12.6. The molecule has 18 heavy (non-hydrogen) atoms. The minimum absolute atomic E-state index is 0.0379. The number of nitrogens with zero attached hydrogens (tertiary/aromatic N) is 2. The van der Waals surface area contributed by atoms with Gasteiger partial charge in [-0.3, -0.25) is 9.59 Å². The Morgan fingerprint density at radius 2 is 1.78 bits per heavy atom. The van der Waals surface area contributed by atoms with E-state index >= 15 is 0 Å². The van der Waals surface area contributed by atoms with E-state index in [4.69, 9.17) is 0 Å². The molecule has 0 aliphatic carbocycles. The first-order valence-corrected chi connectivity index (χ1v) is 7.22. The van der Waals surface area contributed by atoms with Crippen molar-refractivity contribution in [1.29, 1.82) is 0 Å². The molecular weight excluding hydrogens is 228 g/mol. The average molecular weight is 252 g/mol. The van der Waals surface area contributed by atoms with E-state index in [9.17, 15) is 9.59 Å². The Balaban J connectivity index is 2.07. The van der Waals surface area contributed by atoms with Gasteiger partial charge in [-0.25, -0.2) is 0 Å². The zero-order valence-corrected chi connectivity index (χ0v) is 11.5. The Labute approximate surface area is 109 Å². The van der Waals surface area contributed by atoms with Crippen molar-refractivity contribution >= 4 is 11.8 Å². The first-order chi connectivity index (χ1) is 8.65. The maximum Gasteiger partial charge on any atom is 0.245 e. The molecule has 4 nitrogen and oxygen atoms in total. The van der Waals surface area contributed by atoms with Gasteiger partial charge in [0, 0.05) is 26.1 Å². The lowest BCUT2D eigenvalue weighted by Crippen LogP contribution is -2.52. The Bertz CT molecular complexity index is 330. The maximum absolute atomic E-state index is 12.6. The highest BCUT2D eigenvalue weighted by Crippen LogP contribution is 2.25. The molecule has 2 fully saturated rings. The Morgan fingerprint density at radius 1 is 1.06 bits per heavy atom. The average Bonchev–Trinajstić information content (AvgIpc) is 2.87. The topological polar surface area (TPSA) is 40.6 Å². The van der Waals surface area contributed by atoms with E-state index in [0.717, 1.165) is 45.2 Å². The van der Waals surface area contributed by atoms with Crippen LogP contribution in [0.25, 0.3) is 0 Å². The van der Waals surface area contributed by atoms with Crippen molar-refractivity contribution in [1.82, 2.24) is 9.80 Å². The third-order valence-corrected chi connectivity index (χ3v) is 4.32. The molecule has 2 rings (SSSR count). The van der Waals surface area contributed by atoms with Crippen LogP contribution in [0.15, 0.2) is 0 Å². The summed E-state index contributed by atoms with van der Waals surface area (Å²) in [6.07, 6.45) is 6.28. The molecule has 2 amide bonds. The van der Waals surface area contributed by atoms with Gasteiger partial charge in [-0.1, -0.05) is 6.92 Å². The third-order valence-electron chi connectivity index (χ3n) is 4.32. The second kappa shape index (κ2) is 5.72. The van der Waals surface area contributed by atoms with Crippen LogP contribution in [0.4, 0.5) is 0 Å². The quantitative estimate of drug-likeness (QED) is 0.751. The fourth-order valence-corrected chi connectivity index (χ4v) is 3.31. The van der Waals surface area contributed by atoms with E-state index in [1.165, 1.54) is 6.42 Å². The summed E-state index contributed by atoms with van der Waals surface area (Å²) in [5.74, 6) is 0.227. The molecule has 0 aromatic rings. The molecule has 2 aliphatic rings. The summed E-state index contributed by atoms with van der Waals surface area (Å²) in [6, 6.07) is 0.204. The van der Waals surface area contributed by atoms with Crippen molar-refractivity contribution in [2.24, 2.45) is 0 Å². The standard InChI is InChI=1S/C14H24N2O2/c1-3-12-7-4-5-9-16(12)14(18)13-8-6-10-15(13)11(2)17/h12-13H,3-10H2,1-2H3/t12-,13+/m0/s1. The second-order valence-electron chi connectivity index (χ2n) is 5.46. The summed E-state index contributed by atoms with van der Waals surface area (Å²) in [5, 5.41) is 0. The molecule has 2 saturated heterocycles. The van der Waals surface area contributed by atoms with E-state index in [1.54, 1.807) is 11.8 Å². The highest BCUT2D eigenvalue weighted by molar-refractivity contribution is 5.87. The molecular formula is C14H24N2O2. The van der Waals surface area contributed by atoms with Crippen LogP contribution >= 0.6 is 0 Å². The van der Waals surface area contributed by atoms with Gasteiger partial charge < -0.3 is 9.80 Å². The van der Waals surface area contributed by atoms with E-state index in [2.05, 4.69) is 6.92 Å². The minimum atomic E-state index is -0.186. The first-order valence-electron chi connectivity index (χ1n) is 7.22. The van der Waals surface area contributed by atoms with Gasteiger partial charge in [0.2, 0.25) is 11.8 Å². The van der Waals surface area contributed by atoms with Crippen LogP contribution in [-0.4, -0.2) is 46.8 Å². The Hall–Kier alpha value is -1.06. The molecule has 2 atom stereocenters. The van der Waals surface area contributed by atoms with Crippen molar-refractivity contribution in [3.63, 3.8) is 0 Å². The van der Waals surface area contributed by atoms with E-state index in [-0.39, 0.29) is 17.9 Å². The SMILES string of the molecule is CC[C@H]1CCCCN1C(=O)[C@H]1CCCN1C(C)=O. The van der Waals surface area contributed by atoms with Gasteiger partial charge in [0.15, 0.2) is 0 Å². The van der Waals surface area contributed by atoms with E-state index < -0.39 is 0 Å². The summed E-state index contributed by atoms with van der Waals surface area (Å²) in [4.78, 5) is 28.0. The van der Waals surface area contributed by atoms with Gasteiger partial charge in [0.25, 0.3) is 0 Å². The molecule has 4 heteroatoms. The van der Waals surface area contributed by atoms with Gasteiger partial charge in [0.05, 0.1) is 0 Å². The monoisotopic (exact) mass is 252 g/mol. The number of likely N-dealkylation sites (tertiary alicyclic amines) is 2. The van der Waals surface area contributed by atoms with Crippen molar-refractivity contribution < 1.29 is 9.59 Å². The Kier molecular flexibility index (Phi) is 4.25. The Morgan fingerprint density at radius 3 is 2.44 bits per heavy atom. The molecule has 0 aromatic carbocycles. The van der Waals surface area contributed by atoms with E-state index in [1.807, 2.05) is 4.90 Å².